The molecule has 2 aromatic carbocycles. The van der Waals surface area contributed by atoms with E-state index in [9.17, 15) is 13.7 Å². The van der Waals surface area contributed by atoms with Crippen LogP contribution in [0.3, 0.4) is 0 Å². The van der Waals surface area contributed by atoms with E-state index in [1.54, 1.807) is 47.8 Å². The lowest BCUT2D eigenvalue weighted by molar-refractivity contribution is 0.0940. The van der Waals surface area contributed by atoms with Crippen LogP contribution in [0, 0.1) is 5.82 Å². The van der Waals surface area contributed by atoms with E-state index in [1.807, 2.05) is 33.8 Å². The molecule has 2 atom stereocenters. The molecule has 0 saturated carbocycles. The van der Waals surface area contributed by atoms with Crippen molar-refractivity contribution in [2.45, 2.75) is 38.5 Å². The maximum Gasteiger partial charge on any atom is 0.251 e. The van der Waals surface area contributed by atoms with Crippen LogP contribution in [-0.4, -0.2) is 28.5 Å². The van der Waals surface area contributed by atoms with Crippen LogP contribution in [0.5, 0.6) is 0 Å². The van der Waals surface area contributed by atoms with Gasteiger partial charge in [-0.15, -0.1) is 0 Å². The second-order valence-electron chi connectivity index (χ2n) is 8.84. The van der Waals surface area contributed by atoms with Crippen LogP contribution in [-0.2, 0) is 11.4 Å². The molecule has 1 amide bonds. The van der Waals surface area contributed by atoms with E-state index < -0.39 is 16.1 Å². The maximum atomic E-state index is 13.2. The number of thiol groups is 1. The van der Waals surface area contributed by atoms with Gasteiger partial charge in [0.05, 0.1) is 6.04 Å². The Morgan fingerprint density at radius 2 is 1.88 bits per heavy atom. The van der Waals surface area contributed by atoms with E-state index in [4.69, 9.17) is 4.42 Å². The molecule has 0 fully saturated rings. The summed E-state index contributed by atoms with van der Waals surface area (Å²) in [6, 6.07) is 14.5. The van der Waals surface area contributed by atoms with Gasteiger partial charge in [0.1, 0.15) is 39.7 Å². The molecule has 9 heteroatoms. The van der Waals surface area contributed by atoms with Gasteiger partial charge >= 0.3 is 0 Å². The zero-order chi connectivity index (χ0) is 25.0. The summed E-state index contributed by atoms with van der Waals surface area (Å²) >= 11 is 2.97. The Kier molecular flexibility index (Phi) is 8.12. The summed E-state index contributed by atoms with van der Waals surface area (Å²) in [7, 11) is 1.76. The number of nitrogens with one attached hydrogen (secondary N) is 1. The maximum absolute atomic E-state index is 13.2. The minimum absolute atomic E-state index is 0.288. The van der Waals surface area contributed by atoms with E-state index in [-0.39, 0.29) is 17.8 Å². The van der Waals surface area contributed by atoms with Gasteiger partial charge in [-0.05, 0) is 75.7 Å². The van der Waals surface area contributed by atoms with Gasteiger partial charge in [0, 0.05) is 23.9 Å². The highest BCUT2D eigenvalue weighted by Gasteiger charge is 2.26. The molecule has 0 aliphatic rings. The Labute approximate surface area is 208 Å². The average molecular weight is 502 g/mol. The molecule has 0 saturated heterocycles. The monoisotopic (exact) mass is 501 g/mol. The minimum atomic E-state index is -1.40. The topological polar surface area (TPSA) is 80.9 Å². The van der Waals surface area contributed by atoms with E-state index in [2.05, 4.69) is 22.5 Å². The van der Waals surface area contributed by atoms with Crippen LogP contribution in [0.4, 0.5) is 10.1 Å². The molecule has 180 valence electrons. The molecule has 3 aromatic rings. The van der Waals surface area contributed by atoms with Crippen molar-refractivity contribution in [3.63, 3.8) is 0 Å². The molecule has 0 aliphatic heterocycles. The van der Waals surface area contributed by atoms with Crippen LogP contribution in [0.15, 0.2) is 63.4 Å². The van der Waals surface area contributed by atoms with Crippen LogP contribution in [0.25, 0.3) is 11.3 Å². The van der Waals surface area contributed by atoms with Crippen LogP contribution < -0.4 is 9.62 Å². The third-order valence-corrected chi connectivity index (χ3v) is 6.56. The van der Waals surface area contributed by atoms with Crippen molar-refractivity contribution in [1.82, 2.24) is 5.32 Å². The molecule has 0 bridgehead atoms. The minimum Gasteiger partial charge on any atom is -0.591 e. The zero-order valence-electron chi connectivity index (χ0n) is 19.7. The molecular weight excluding hydrogens is 473 g/mol. The van der Waals surface area contributed by atoms with Crippen molar-refractivity contribution < 1.29 is 18.2 Å². The lowest BCUT2D eigenvalue weighted by Gasteiger charge is -2.17. The van der Waals surface area contributed by atoms with Gasteiger partial charge in [0.2, 0.25) is 0 Å². The molecule has 3 rings (SSSR count). The number of furan rings is 1. The summed E-state index contributed by atoms with van der Waals surface area (Å²) in [6.07, 6.45) is 1.44. The van der Waals surface area contributed by atoms with E-state index in [0.29, 0.717) is 28.3 Å². The summed E-state index contributed by atoms with van der Waals surface area (Å²) in [5, 5.41) is 2.94. The molecule has 6 nitrogen and oxygen atoms in total. The fourth-order valence-corrected chi connectivity index (χ4v) is 3.65. The third kappa shape index (κ3) is 6.65. The highest BCUT2D eigenvalue weighted by atomic mass is 32.2. The molecule has 0 aliphatic carbocycles. The highest BCUT2D eigenvalue weighted by molar-refractivity contribution is 7.91. The molecular formula is C25H28FN3O3S2. The van der Waals surface area contributed by atoms with Crippen molar-refractivity contribution in [3.05, 3.63) is 77.3 Å². The van der Waals surface area contributed by atoms with E-state index in [0.717, 1.165) is 5.56 Å². The van der Waals surface area contributed by atoms with E-state index in [1.165, 1.54) is 18.3 Å². The Bertz CT molecular complexity index is 1170. The van der Waals surface area contributed by atoms with Crippen LogP contribution >= 0.6 is 12.8 Å². The number of benzene rings is 2. The van der Waals surface area contributed by atoms with Crippen LogP contribution in [0.2, 0.25) is 0 Å². The fraction of sp³-hybridized carbons (Fsp3) is 0.280. The number of hydrogen-bond donors (Lipinski definition) is 2. The molecule has 0 spiro atoms. The lowest BCUT2D eigenvalue weighted by Crippen LogP contribution is -2.26. The second-order valence-corrected chi connectivity index (χ2v) is 11.4. The molecule has 1 unspecified atom stereocenters. The van der Waals surface area contributed by atoms with Gasteiger partial charge in [-0.25, -0.2) is 4.39 Å². The zero-order valence-corrected chi connectivity index (χ0v) is 21.4. The predicted octanol–water partition coefficient (Wildman–Crippen LogP) is 5.74. The summed E-state index contributed by atoms with van der Waals surface area (Å²) < 4.78 is 36.4. The fourth-order valence-electron chi connectivity index (χ4n) is 3.02. The highest BCUT2D eigenvalue weighted by Crippen LogP contribution is 2.29. The van der Waals surface area contributed by atoms with Gasteiger partial charge in [-0.3, -0.25) is 4.79 Å². The molecule has 1 aromatic heterocycles. The van der Waals surface area contributed by atoms with Crippen LogP contribution in [0.1, 0.15) is 55.4 Å². The average Bonchev–Trinajstić information content (AvgIpc) is 3.26. The normalized spacial score (nSPS) is 13.6. The summed E-state index contributed by atoms with van der Waals surface area (Å²) in [5.74, 6) is 0.363. The first-order chi connectivity index (χ1) is 15.9. The number of nitrogens with zero attached hydrogens (tertiary/aromatic N) is 2. The Morgan fingerprint density at radius 1 is 1.21 bits per heavy atom. The second kappa shape index (κ2) is 10.7. The SMILES string of the molecule is C[C@@H](NC(=O)c1cc(-c2ccc(/C=N/[S+]([O-])C(C)(C)C)o2)cc(N(C)S)c1)c1ccc(F)cc1. The lowest BCUT2D eigenvalue weighted by atomic mass is 10.0. The standard InChI is InChI=1S/C25H28FN3O3S2/c1-16(17-6-8-20(26)9-7-17)28-24(30)19-12-18(13-21(14-19)29(5)33)23-11-10-22(32-23)15-27-34(31)25(2,3)4/h6-16,33H,1-5H3,(H,28,30)/b27-15+/t16-,34?/m1/s1. The van der Waals surface area contributed by atoms with E-state index >= 15 is 0 Å². The number of halogens is 1. The molecule has 0 radical (unpaired) electrons. The van der Waals surface area contributed by atoms with Crippen molar-refractivity contribution in [2.24, 2.45) is 4.40 Å². The van der Waals surface area contributed by atoms with Gasteiger partial charge in [0.25, 0.3) is 5.91 Å². The van der Waals surface area contributed by atoms with Crippen molar-refractivity contribution >= 4 is 42.0 Å². The molecule has 1 heterocycles. The number of carbonyl (C=O) groups excluding carboxylic acids is 1. The van der Waals surface area contributed by atoms with Gasteiger partial charge in [0.15, 0.2) is 0 Å². The number of hydrogen-bond acceptors (Lipinski definition) is 6. The number of amides is 1. The molecule has 1 N–H and O–H groups in total. The smallest absolute Gasteiger partial charge is 0.251 e. The van der Waals surface area contributed by atoms with Crippen molar-refractivity contribution in [3.8, 4) is 11.3 Å². The Hall–Kier alpha value is -2.75. The Balaban J connectivity index is 1.85. The first-order valence-corrected chi connectivity index (χ1v) is 12.1. The van der Waals surface area contributed by atoms with Gasteiger partial charge in [-0.1, -0.05) is 29.3 Å². The van der Waals surface area contributed by atoms with Crippen molar-refractivity contribution in [1.29, 1.82) is 0 Å². The molecule has 34 heavy (non-hydrogen) atoms. The Morgan fingerprint density at radius 3 is 2.50 bits per heavy atom. The van der Waals surface area contributed by atoms with Gasteiger partial charge in [-0.2, -0.15) is 0 Å². The third-order valence-electron chi connectivity index (χ3n) is 4.98. The predicted molar refractivity (Wildman–Crippen MR) is 139 cm³/mol. The van der Waals surface area contributed by atoms with Gasteiger partial charge < -0.3 is 18.6 Å². The first-order valence-electron chi connectivity index (χ1n) is 10.6. The summed E-state index contributed by atoms with van der Waals surface area (Å²) in [4.78, 5) is 13.0. The quantitative estimate of drug-likeness (QED) is 0.246. The summed E-state index contributed by atoms with van der Waals surface area (Å²) in [6.45, 7) is 7.37. The number of anilines is 1. The summed E-state index contributed by atoms with van der Waals surface area (Å²) in [5.41, 5.74) is 2.58. The first kappa shape index (κ1) is 25.9. The number of carbonyl (C=O) groups is 1. The largest absolute Gasteiger partial charge is 0.591 e. The number of rotatable bonds is 7. The van der Waals surface area contributed by atoms with Crippen molar-refractivity contribution in [2.75, 3.05) is 11.4 Å².